The molecule has 13 rings (SSSR count). The van der Waals surface area contributed by atoms with Gasteiger partial charge in [0, 0.05) is 56.6 Å². The van der Waals surface area contributed by atoms with Gasteiger partial charge in [0.2, 0.25) is 6.79 Å². The van der Waals surface area contributed by atoms with Crippen LogP contribution in [0.15, 0.2) is 173 Å². The minimum Gasteiger partial charge on any atom is -0.456 e. The first-order valence-electron chi connectivity index (χ1n) is 23.1. The molecule has 316 valence electrons. The zero-order chi connectivity index (χ0) is 43.9. The summed E-state index contributed by atoms with van der Waals surface area (Å²) in [7, 11) is 0. The van der Waals surface area contributed by atoms with E-state index in [2.05, 4.69) is 197 Å². The predicted octanol–water partition coefficient (Wildman–Crippen LogP) is 14.2. The molecule has 0 unspecified atom stereocenters. The Hall–Kier alpha value is -7.18. The molecule has 5 aliphatic rings. The number of aryl methyl sites for hydroxylation is 1. The number of fused-ring (bicyclic) bond motifs is 8. The van der Waals surface area contributed by atoms with Gasteiger partial charge in [-0.2, -0.15) is 0 Å². The second-order valence-electron chi connectivity index (χ2n) is 20.1. The van der Waals surface area contributed by atoms with E-state index in [1.54, 1.807) is 0 Å². The largest absolute Gasteiger partial charge is 0.456 e. The van der Waals surface area contributed by atoms with Gasteiger partial charge in [0.25, 0.3) is 6.71 Å². The number of benzene rings is 7. The van der Waals surface area contributed by atoms with Crippen molar-refractivity contribution in [1.29, 1.82) is 0 Å². The van der Waals surface area contributed by atoms with Gasteiger partial charge < -0.3 is 23.7 Å². The molecule has 0 atom stereocenters. The number of hydrogen-bond donors (Lipinski definition) is 0. The van der Waals surface area contributed by atoms with E-state index in [1.807, 2.05) is 6.07 Å². The van der Waals surface area contributed by atoms with E-state index in [-0.39, 0.29) is 24.3 Å². The van der Waals surface area contributed by atoms with E-state index >= 15 is 0 Å². The van der Waals surface area contributed by atoms with Crippen LogP contribution < -0.4 is 30.2 Å². The van der Waals surface area contributed by atoms with Gasteiger partial charge in [0.05, 0.1) is 0 Å². The van der Waals surface area contributed by atoms with Crippen molar-refractivity contribution in [3.63, 3.8) is 0 Å². The number of para-hydroxylation sites is 2. The van der Waals surface area contributed by atoms with Crippen molar-refractivity contribution >= 4 is 57.0 Å². The monoisotopic (exact) mass is 844 g/mol. The second kappa shape index (κ2) is 13.7. The normalized spacial score (nSPS) is 16.3. The van der Waals surface area contributed by atoms with Crippen molar-refractivity contribution in [3.05, 3.63) is 185 Å². The molecule has 0 bridgehead atoms. The van der Waals surface area contributed by atoms with Crippen LogP contribution in [0.4, 0.5) is 28.4 Å². The van der Waals surface area contributed by atoms with Crippen LogP contribution in [0.25, 0.3) is 44.5 Å². The molecular formula is C59H49BN2O3. The van der Waals surface area contributed by atoms with E-state index < -0.39 is 0 Å². The minimum atomic E-state index is -0.124. The maximum atomic E-state index is 6.72. The van der Waals surface area contributed by atoms with Gasteiger partial charge in [-0.25, -0.2) is 0 Å². The molecule has 0 saturated heterocycles. The third kappa shape index (κ3) is 5.72. The van der Waals surface area contributed by atoms with Gasteiger partial charge in [-0.05, 0) is 147 Å². The molecule has 6 heteroatoms. The molecule has 0 fully saturated rings. The molecule has 0 spiro atoms. The first-order valence-corrected chi connectivity index (χ1v) is 23.1. The number of nitrogens with zero attached hydrogens (tertiary/aromatic N) is 2. The Bertz CT molecular complexity index is 3370. The fraction of sp³-hybridized carbons (Fsp3) is 0.186. The van der Waals surface area contributed by atoms with Crippen LogP contribution in [-0.2, 0) is 5.41 Å². The fourth-order valence-electron chi connectivity index (χ4n) is 11.6. The lowest BCUT2D eigenvalue weighted by Gasteiger charge is -2.46. The number of anilines is 5. The lowest BCUT2D eigenvalue weighted by molar-refractivity contribution is 0.174. The van der Waals surface area contributed by atoms with Crippen LogP contribution in [0.5, 0.6) is 11.5 Å². The first kappa shape index (κ1) is 38.3. The molecular weight excluding hydrogens is 795 g/mol. The standard InChI is InChI=1S/C59H49BN2O3/c1-35-24-51-57-52(25-35)62(49-23-21-40(58(2,3)4)31-47(49)60(57)48-32-55-56(64-34-63-55)33-50(48)61(51)41-15-8-7-9-16-41)42-27-38(26-39(28-42)54-30-37-14-10-13-19-53(37)65-54)36-20-22-44-43-17-11-12-18-45(43)59(5,6)46(44)29-36/h7-20,22,24-33H,21,23,34H2,1-6H3. The highest BCUT2D eigenvalue weighted by Gasteiger charge is 2.46. The van der Waals surface area contributed by atoms with Crippen molar-refractivity contribution in [2.75, 3.05) is 16.6 Å². The molecule has 0 radical (unpaired) electrons. The molecule has 5 nitrogen and oxygen atoms in total. The maximum absolute atomic E-state index is 6.72. The SMILES string of the molecule is Cc1cc2c3c(c1)N(c1ccccc1)c1cc4c(cc1B3C1=C(CCC(C(C)(C)C)=C1)N2c1cc(-c2ccc3c(c2)C(C)(C)c2ccccc2-3)cc(-c2cc3ccccc3o2)c1)OCO4. The first-order chi connectivity index (χ1) is 31.5. The summed E-state index contributed by atoms with van der Waals surface area (Å²) >= 11 is 0. The average Bonchev–Trinajstić information content (AvgIpc) is 4.02. The van der Waals surface area contributed by atoms with Gasteiger partial charge in [-0.3, -0.25) is 0 Å². The number of rotatable bonds is 4. The highest BCUT2D eigenvalue weighted by Crippen LogP contribution is 2.53. The van der Waals surface area contributed by atoms with Gasteiger partial charge >= 0.3 is 0 Å². The summed E-state index contributed by atoms with van der Waals surface area (Å²) in [6.45, 7) is 14.2. The molecule has 0 saturated carbocycles. The van der Waals surface area contributed by atoms with Gasteiger partial charge in [0.1, 0.15) is 11.3 Å². The molecule has 8 aromatic rings. The van der Waals surface area contributed by atoms with E-state index in [1.165, 1.54) is 72.4 Å². The van der Waals surface area contributed by atoms with Crippen LogP contribution in [-0.4, -0.2) is 13.5 Å². The Labute approximate surface area is 381 Å². The van der Waals surface area contributed by atoms with Crippen LogP contribution in [0.3, 0.4) is 0 Å². The van der Waals surface area contributed by atoms with Crippen LogP contribution in [0.2, 0.25) is 0 Å². The Morgan fingerprint density at radius 3 is 2.14 bits per heavy atom. The number of furan rings is 1. The summed E-state index contributed by atoms with van der Waals surface area (Å²) in [5.74, 6) is 2.45. The Kier molecular flexibility index (Phi) is 8.05. The van der Waals surface area contributed by atoms with E-state index in [0.717, 1.165) is 69.3 Å². The molecule has 1 aromatic heterocycles. The van der Waals surface area contributed by atoms with Gasteiger partial charge in [0.15, 0.2) is 11.5 Å². The number of hydrogen-bond acceptors (Lipinski definition) is 5. The summed E-state index contributed by atoms with van der Waals surface area (Å²) < 4.78 is 19.0. The highest BCUT2D eigenvalue weighted by molar-refractivity contribution is 6.95. The van der Waals surface area contributed by atoms with Crippen molar-refractivity contribution < 1.29 is 13.9 Å². The smallest absolute Gasteiger partial charge is 0.251 e. The Morgan fingerprint density at radius 2 is 1.32 bits per heavy atom. The van der Waals surface area contributed by atoms with Crippen molar-refractivity contribution in [2.24, 2.45) is 5.41 Å². The fourth-order valence-corrected chi connectivity index (χ4v) is 11.6. The zero-order valence-corrected chi connectivity index (χ0v) is 37.8. The van der Waals surface area contributed by atoms with Crippen LogP contribution in [0, 0.1) is 12.3 Å². The second-order valence-corrected chi connectivity index (χ2v) is 20.1. The molecule has 7 aromatic carbocycles. The Morgan fingerprint density at radius 1 is 0.600 bits per heavy atom. The minimum absolute atomic E-state index is 0.0115. The van der Waals surface area contributed by atoms with Crippen molar-refractivity contribution in [2.45, 2.75) is 59.8 Å². The maximum Gasteiger partial charge on any atom is 0.251 e. The summed E-state index contributed by atoms with van der Waals surface area (Å²) in [4.78, 5) is 5.05. The summed E-state index contributed by atoms with van der Waals surface area (Å²) in [5, 5.41) is 1.10. The third-order valence-electron chi connectivity index (χ3n) is 14.8. The van der Waals surface area contributed by atoms with Crippen molar-refractivity contribution in [1.82, 2.24) is 0 Å². The summed E-state index contributed by atoms with van der Waals surface area (Å²) in [6.07, 6.45) is 4.45. The molecule has 2 aliphatic carbocycles. The quantitative estimate of drug-likeness (QED) is 0.165. The third-order valence-corrected chi connectivity index (χ3v) is 14.8. The lowest BCUT2D eigenvalue weighted by atomic mass is 9.32. The van der Waals surface area contributed by atoms with E-state index in [0.29, 0.717) is 0 Å². The van der Waals surface area contributed by atoms with Crippen molar-refractivity contribution in [3.8, 4) is 45.1 Å². The molecule has 0 amide bonds. The molecule has 65 heavy (non-hydrogen) atoms. The molecule has 0 N–H and O–H groups in total. The summed E-state index contributed by atoms with van der Waals surface area (Å²) in [5.41, 5.74) is 23.2. The number of allylic oxidation sites excluding steroid dienone is 4. The van der Waals surface area contributed by atoms with Gasteiger partial charge in [-0.1, -0.05) is 119 Å². The summed E-state index contributed by atoms with van der Waals surface area (Å²) in [6, 6.07) is 53.7. The topological polar surface area (TPSA) is 38.1 Å². The van der Waals surface area contributed by atoms with Crippen LogP contribution in [0.1, 0.15) is 64.2 Å². The molecule has 3 aliphatic heterocycles. The Balaban J connectivity index is 1.09. The number of ether oxygens (including phenoxy) is 2. The van der Waals surface area contributed by atoms with Crippen LogP contribution >= 0.6 is 0 Å². The lowest BCUT2D eigenvalue weighted by Crippen LogP contribution is -2.56. The van der Waals surface area contributed by atoms with E-state index in [4.69, 9.17) is 13.9 Å². The predicted molar refractivity (Wildman–Crippen MR) is 268 cm³/mol. The highest BCUT2D eigenvalue weighted by atomic mass is 16.7. The molecule has 4 heterocycles. The van der Waals surface area contributed by atoms with E-state index in [9.17, 15) is 0 Å². The average molecular weight is 845 g/mol. The van der Waals surface area contributed by atoms with Gasteiger partial charge in [-0.15, -0.1) is 0 Å². The zero-order valence-electron chi connectivity index (χ0n) is 37.8.